The molecule has 0 N–H and O–H groups in total. The van der Waals surface area contributed by atoms with Crippen LogP contribution in [0.5, 0.6) is 0 Å². The molecule has 2 aromatic rings. The number of sulfonamides is 1. The molecule has 2 amide bonds. The maximum Gasteiger partial charge on any atom is 0.253 e. The third-order valence-corrected chi connectivity index (χ3v) is 7.85. The average Bonchev–Trinajstić information content (AvgIpc) is 3.03. The first kappa shape index (κ1) is 22.4. The molecule has 0 aromatic heterocycles. The zero-order valence-electron chi connectivity index (χ0n) is 17.7. The molecule has 0 spiro atoms. The zero-order valence-corrected chi connectivity index (χ0v) is 18.6. The molecule has 9 heteroatoms. The van der Waals surface area contributed by atoms with Crippen LogP contribution in [0.2, 0.25) is 0 Å². The molecule has 2 heterocycles. The molecule has 4 rings (SSSR count). The van der Waals surface area contributed by atoms with E-state index in [0.29, 0.717) is 38.0 Å². The van der Waals surface area contributed by atoms with E-state index in [0.717, 1.165) is 30.7 Å². The average molecular weight is 460 g/mol. The van der Waals surface area contributed by atoms with Crippen LogP contribution in [0.15, 0.2) is 53.4 Å². The van der Waals surface area contributed by atoms with Crippen LogP contribution in [-0.2, 0) is 21.4 Å². The van der Waals surface area contributed by atoms with Crippen LogP contribution >= 0.6 is 0 Å². The van der Waals surface area contributed by atoms with Crippen molar-refractivity contribution in [1.29, 1.82) is 0 Å². The number of carbonyl (C=O) groups excluding carboxylic acids is 2. The summed E-state index contributed by atoms with van der Waals surface area (Å²) in [4.78, 5) is 28.3. The van der Waals surface area contributed by atoms with Crippen molar-refractivity contribution < 1.29 is 22.4 Å². The fourth-order valence-corrected chi connectivity index (χ4v) is 5.59. The van der Waals surface area contributed by atoms with E-state index < -0.39 is 15.8 Å². The lowest BCUT2D eigenvalue weighted by atomic mass is 10.1. The van der Waals surface area contributed by atoms with Gasteiger partial charge in [-0.2, -0.15) is 4.31 Å². The third-order valence-electron chi connectivity index (χ3n) is 5.94. The van der Waals surface area contributed by atoms with Gasteiger partial charge in [0.25, 0.3) is 5.91 Å². The van der Waals surface area contributed by atoms with Gasteiger partial charge in [-0.3, -0.25) is 9.59 Å². The van der Waals surface area contributed by atoms with Crippen molar-refractivity contribution in [3.05, 3.63) is 65.5 Å². The normalized spacial score (nSPS) is 18.1. The van der Waals surface area contributed by atoms with Gasteiger partial charge in [0, 0.05) is 51.3 Å². The van der Waals surface area contributed by atoms with Gasteiger partial charge in [-0.15, -0.1) is 0 Å². The topological polar surface area (TPSA) is 78.0 Å². The molecule has 7 nitrogen and oxygen atoms in total. The van der Waals surface area contributed by atoms with Crippen LogP contribution in [-0.4, -0.2) is 67.1 Å². The SMILES string of the molecule is O=C1CCCN1Cc1ccc(C(=O)N2CCCN(S(=O)(=O)c3ccc(F)cc3)CC2)cc1. The molecular weight excluding hydrogens is 433 g/mol. The number of halogens is 1. The highest BCUT2D eigenvalue weighted by molar-refractivity contribution is 7.89. The lowest BCUT2D eigenvalue weighted by molar-refractivity contribution is -0.128. The Morgan fingerprint density at radius 2 is 1.59 bits per heavy atom. The van der Waals surface area contributed by atoms with Crippen molar-refractivity contribution in [2.45, 2.75) is 30.7 Å². The van der Waals surface area contributed by atoms with Crippen molar-refractivity contribution >= 4 is 21.8 Å². The Balaban J connectivity index is 1.39. The standard InChI is InChI=1S/C23H26FN3O4S/c24-20-8-10-21(11-9-20)32(30,31)27-14-2-13-25(15-16-27)23(29)19-6-4-18(5-7-19)17-26-12-1-3-22(26)28/h4-11H,1-3,12-17H2. The minimum Gasteiger partial charge on any atom is -0.338 e. The summed E-state index contributed by atoms with van der Waals surface area (Å²) in [5.41, 5.74) is 1.51. The van der Waals surface area contributed by atoms with Gasteiger partial charge in [0.05, 0.1) is 4.90 Å². The van der Waals surface area contributed by atoms with Gasteiger partial charge in [-0.05, 0) is 54.8 Å². The first-order valence-electron chi connectivity index (χ1n) is 10.8. The molecule has 2 fully saturated rings. The maximum absolute atomic E-state index is 13.2. The second-order valence-electron chi connectivity index (χ2n) is 8.12. The molecule has 0 bridgehead atoms. The van der Waals surface area contributed by atoms with E-state index in [1.165, 1.54) is 16.4 Å². The highest BCUT2D eigenvalue weighted by Gasteiger charge is 2.28. The molecular formula is C23H26FN3O4S. The molecule has 0 radical (unpaired) electrons. The first-order valence-corrected chi connectivity index (χ1v) is 12.2. The van der Waals surface area contributed by atoms with E-state index in [4.69, 9.17) is 0 Å². The van der Waals surface area contributed by atoms with E-state index in [2.05, 4.69) is 0 Å². The molecule has 0 atom stereocenters. The smallest absolute Gasteiger partial charge is 0.253 e. The van der Waals surface area contributed by atoms with E-state index >= 15 is 0 Å². The highest BCUT2D eigenvalue weighted by atomic mass is 32.2. The third kappa shape index (κ3) is 4.83. The van der Waals surface area contributed by atoms with Crippen molar-refractivity contribution in [2.75, 3.05) is 32.7 Å². The monoisotopic (exact) mass is 459 g/mol. The minimum atomic E-state index is -3.74. The number of amides is 2. The van der Waals surface area contributed by atoms with Gasteiger partial charge in [-0.1, -0.05) is 12.1 Å². The summed E-state index contributed by atoms with van der Waals surface area (Å²) in [6, 6.07) is 12.0. The van der Waals surface area contributed by atoms with E-state index in [1.54, 1.807) is 17.0 Å². The number of nitrogens with zero attached hydrogens (tertiary/aromatic N) is 3. The van der Waals surface area contributed by atoms with Crippen molar-refractivity contribution in [2.24, 2.45) is 0 Å². The first-order chi connectivity index (χ1) is 15.3. The van der Waals surface area contributed by atoms with Gasteiger partial charge < -0.3 is 9.80 Å². The summed E-state index contributed by atoms with van der Waals surface area (Å²) in [6.45, 7) is 2.53. The zero-order chi connectivity index (χ0) is 22.7. The number of likely N-dealkylation sites (tertiary alicyclic amines) is 1. The quantitative estimate of drug-likeness (QED) is 0.688. The number of carbonyl (C=O) groups is 2. The fraction of sp³-hybridized carbons (Fsp3) is 0.391. The molecule has 2 aromatic carbocycles. The summed E-state index contributed by atoms with van der Waals surface area (Å²) in [5.74, 6) is -0.473. The van der Waals surface area contributed by atoms with Crippen molar-refractivity contribution in [3.63, 3.8) is 0 Å². The Kier molecular flexibility index (Phi) is 6.57. The van der Waals surface area contributed by atoms with Crippen LogP contribution in [0.4, 0.5) is 4.39 Å². The molecule has 2 saturated heterocycles. The van der Waals surface area contributed by atoms with Crippen LogP contribution in [0.3, 0.4) is 0 Å². The summed E-state index contributed by atoms with van der Waals surface area (Å²) in [6.07, 6.45) is 2.00. The fourth-order valence-electron chi connectivity index (χ4n) is 4.12. The number of rotatable bonds is 5. The molecule has 2 aliphatic heterocycles. The molecule has 0 aliphatic carbocycles. The molecule has 0 unspecified atom stereocenters. The largest absolute Gasteiger partial charge is 0.338 e. The van der Waals surface area contributed by atoms with Gasteiger partial charge in [0.1, 0.15) is 5.82 Å². The Labute approximate surface area is 187 Å². The Morgan fingerprint density at radius 3 is 2.25 bits per heavy atom. The van der Waals surface area contributed by atoms with E-state index in [-0.39, 0.29) is 29.8 Å². The van der Waals surface area contributed by atoms with E-state index in [1.807, 2.05) is 17.0 Å². The molecule has 170 valence electrons. The predicted octanol–water partition coefficient (Wildman–Crippen LogP) is 2.48. The summed E-state index contributed by atoms with van der Waals surface area (Å²) in [5, 5.41) is 0. The van der Waals surface area contributed by atoms with E-state index in [9.17, 15) is 22.4 Å². The van der Waals surface area contributed by atoms with Crippen molar-refractivity contribution in [1.82, 2.24) is 14.1 Å². The number of benzene rings is 2. The maximum atomic E-state index is 13.2. The van der Waals surface area contributed by atoms with Crippen LogP contribution < -0.4 is 0 Å². The van der Waals surface area contributed by atoms with Gasteiger partial charge in [-0.25, -0.2) is 12.8 Å². The van der Waals surface area contributed by atoms with Crippen LogP contribution in [0.25, 0.3) is 0 Å². The summed E-state index contributed by atoms with van der Waals surface area (Å²) < 4.78 is 40.3. The minimum absolute atomic E-state index is 0.0470. The van der Waals surface area contributed by atoms with Gasteiger partial charge in [0.2, 0.25) is 15.9 Å². The molecule has 0 saturated carbocycles. The second kappa shape index (κ2) is 9.38. The van der Waals surface area contributed by atoms with Crippen LogP contribution in [0.1, 0.15) is 35.2 Å². The lowest BCUT2D eigenvalue weighted by Gasteiger charge is -2.22. The van der Waals surface area contributed by atoms with Crippen molar-refractivity contribution in [3.8, 4) is 0 Å². The Bertz CT molecular complexity index is 1090. The van der Waals surface area contributed by atoms with Crippen LogP contribution in [0, 0.1) is 5.82 Å². The number of hydrogen-bond donors (Lipinski definition) is 0. The molecule has 32 heavy (non-hydrogen) atoms. The summed E-state index contributed by atoms with van der Waals surface area (Å²) >= 11 is 0. The van der Waals surface area contributed by atoms with Gasteiger partial charge in [0.15, 0.2) is 0 Å². The highest BCUT2D eigenvalue weighted by Crippen LogP contribution is 2.20. The number of hydrogen-bond acceptors (Lipinski definition) is 4. The second-order valence-corrected chi connectivity index (χ2v) is 10.1. The van der Waals surface area contributed by atoms with Gasteiger partial charge >= 0.3 is 0 Å². The Hall–Kier alpha value is -2.78. The lowest BCUT2D eigenvalue weighted by Crippen LogP contribution is -2.37. The molecule has 2 aliphatic rings. The Morgan fingerprint density at radius 1 is 0.875 bits per heavy atom. The summed E-state index contributed by atoms with van der Waals surface area (Å²) in [7, 11) is -3.74. The predicted molar refractivity (Wildman–Crippen MR) is 117 cm³/mol.